The highest BCUT2D eigenvalue weighted by Crippen LogP contribution is 2.70. The van der Waals surface area contributed by atoms with E-state index in [0.717, 1.165) is 24.8 Å². The zero-order valence-corrected chi connectivity index (χ0v) is 19.5. The molecule has 4 rings (SSSR count). The Kier molecular flexibility index (Phi) is 5.11. The monoisotopic (exact) mass is 434 g/mol. The van der Waals surface area contributed by atoms with Gasteiger partial charge in [-0.05, 0) is 41.6 Å². The largest absolute Gasteiger partial charge is 0.296 e. The van der Waals surface area contributed by atoms with Crippen molar-refractivity contribution in [1.82, 2.24) is 9.79 Å². The number of fused-ring (bicyclic) bond motifs is 1. The van der Waals surface area contributed by atoms with E-state index in [-0.39, 0.29) is 28.5 Å². The number of hydrogen-bond acceptors (Lipinski definition) is 5. The maximum absolute atomic E-state index is 13.7. The molecule has 2 aliphatic carbocycles. The number of amides is 1. The average molecular weight is 435 g/mol. The molecule has 2 bridgehead atoms. The number of carbonyl (C=O) groups is 1. The molecular formula is C23H34N2O4S. The molecule has 1 aromatic carbocycles. The minimum absolute atomic E-state index is 0.0613. The summed E-state index contributed by atoms with van der Waals surface area (Å²) in [5.41, 5.74) is 3.00. The van der Waals surface area contributed by atoms with Crippen LogP contribution >= 0.6 is 0 Å². The molecule has 1 saturated heterocycles. The quantitative estimate of drug-likeness (QED) is 0.718. The maximum Gasteiger partial charge on any atom is 0.256 e. The lowest BCUT2D eigenvalue weighted by Crippen LogP contribution is -2.56. The Bertz CT molecular complexity index is 922. The molecule has 30 heavy (non-hydrogen) atoms. The van der Waals surface area contributed by atoms with Crippen molar-refractivity contribution >= 4 is 15.9 Å². The predicted molar refractivity (Wildman–Crippen MR) is 116 cm³/mol. The van der Waals surface area contributed by atoms with Crippen molar-refractivity contribution in [1.29, 1.82) is 0 Å². The summed E-state index contributed by atoms with van der Waals surface area (Å²) in [6, 6.07) is 8.70. The second-order valence-corrected chi connectivity index (χ2v) is 12.8. The minimum atomic E-state index is -3.65. The van der Waals surface area contributed by atoms with Gasteiger partial charge < -0.3 is 0 Å². The molecule has 1 aliphatic heterocycles. The van der Waals surface area contributed by atoms with Gasteiger partial charge in [-0.3, -0.25) is 9.63 Å². The van der Waals surface area contributed by atoms with Crippen molar-refractivity contribution < 1.29 is 18.0 Å². The van der Waals surface area contributed by atoms with Gasteiger partial charge in [-0.25, -0.2) is 12.7 Å². The Balaban J connectivity index is 1.57. The van der Waals surface area contributed by atoms with Crippen LogP contribution in [0.3, 0.4) is 0 Å². The van der Waals surface area contributed by atoms with Gasteiger partial charge in [-0.1, -0.05) is 65.0 Å². The molecule has 1 spiro atoms. The first-order chi connectivity index (χ1) is 13.9. The van der Waals surface area contributed by atoms with E-state index in [9.17, 15) is 13.2 Å². The predicted octanol–water partition coefficient (Wildman–Crippen LogP) is 3.49. The van der Waals surface area contributed by atoms with Crippen molar-refractivity contribution in [3.05, 3.63) is 35.9 Å². The van der Waals surface area contributed by atoms with Crippen molar-refractivity contribution in [3.63, 3.8) is 0 Å². The summed E-state index contributed by atoms with van der Waals surface area (Å²) in [6.07, 6.45) is 2.72. The van der Waals surface area contributed by atoms with Crippen LogP contribution in [0.25, 0.3) is 0 Å². The van der Waals surface area contributed by atoms with Crippen LogP contribution < -0.4 is 5.48 Å². The number of rotatable bonds is 5. The van der Waals surface area contributed by atoms with Gasteiger partial charge >= 0.3 is 0 Å². The third kappa shape index (κ3) is 3.21. The Morgan fingerprint density at radius 1 is 1.27 bits per heavy atom. The van der Waals surface area contributed by atoms with Crippen LogP contribution in [-0.2, 0) is 26.3 Å². The zero-order chi connectivity index (χ0) is 21.9. The first-order valence-corrected chi connectivity index (χ1v) is 12.5. The van der Waals surface area contributed by atoms with Crippen molar-refractivity contribution in [2.45, 2.75) is 72.6 Å². The third-order valence-electron chi connectivity index (χ3n) is 8.02. The van der Waals surface area contributed by atoms with E-state index in [1.54, 1.807) is 0 Å². The van der Waals surface area contributed by atoms with Crippen LogP contribution in [0.1, 0.15) is 59.4 Å². The van der Waals surface area contributed by atoms with Crippen molar-refractivity contribution in [2.75, 3.05) is 5.75 Å². The summed E-state index contributed by atoms with van der Waals surface area (Å²) in [6.45, 7) is 10.5. The summed E-state index contributed by atoms with van der Waals surface area (Å²) in [5, 5.41) is 0. The van der Waals surface area contributed by atoms with E-state index in [0.29, 0.717) is 12.5 Å². The molecule has 0 aromatic heterocycles. The fraction of sp³-hybridized carbons (Fsp3) is 0.696. The molecule has 2 saturated carbocycles. The van der Waals surface area contributed by atoms with Crippen LogP contribution in [0, 0.1) is 22.2 Å². The highest BCUT2D eigenvalue weighted by Gasteiger charge is 2.72. The smallest absolute Gasteiger partial charge is 0.256 e. The van der Waals surface area contributed by atoms with Crippen LogP contribution in [0.2, 0.25) is 0 Å². The lowest BCUT2D eigenvalue weighted by Gasteiger charge is -2.38. The Morgan fingerprint density at radius 2 is 1.93 bits per heavy atom. The highest BCUT2D eigenvalue weighted by molar-refractivity contribution is 7.90. The van der Waals surface area contributed by atoms with Gasteiger partial charge in [0.2, 0.25) is 10.0 Å². The maximum atomic E-state index is 13.7. The van der Waals surface area contributed by atoms with Crippen LogP contribution in [0.15, 0.2) is 30.3 Å². The van der Waals surface area contributed by atoms with Crippen molar-refractivity contribution in [3.8, 4) is 0 Å². The topological polar surface area (TPSA) is 75.7 Å². The third-order valence-corrected chi connectivity index (χ3v) is 9.94. The molecule has 6 nitrogen and oxygen atoms in total. The lowest BCUT2D eigenvalue weighted by atomic mass is 9.69. The van der Waals surface area contributed by atoms with Crippen LogP contribution in [-0.4, -0.2) is 36.5 Å². The standard InChI is InChI=1S/C23H34N2O4S/c1-21(2,3)19(24-29-14-16-9-7-6-8-10-16)20(26)25-18-13-17-11-12-23(18,22(17,4)5)15-30(25,27)28/h6-10,17-19,24H,11-15H2,1-5H3/t17-,18-,19-,23-/m0/s1. The summed E-state index contributed by atoms with van der Waals surface area (Å²) >= 11 is 0. The summed E-state index contributed by atoms with van der Waals surface area (Å²) in [4.78, 5) is 19.4. The molecule has 1 N–H and O–H groups in total. The van der Waals surface area contributed by atoms with Gasteiger partial charge in [0.1, 0.15) is 6.04 Å². The molecule has 3 aliphatic rings. The van der Waals surface area contributed by atoms with E-state index in [2.05, 4.69) is 19.3 Å². The van der Waals surface area contributed by atoms with Crippen molar-refractivity contribution in [2.24, 2.45) is 22.2 Å². The van der Waals surface area contributed by atoms with Gasteiger partial charge in [0.15, 0.2) is 0 Å². The number of carbonyl (C=O) groups excluding carboxylic acids is 1. The fourth-order valence-electron chi connectivity index (χ4n) is 6.09. The van der Waals surface area contributed by atoms with E-state index < -0.39 is 21.5 Å². The Labute approximate surface area is 180 Å². The SMILES string of the molecule is CC(C)(C)[C@@H](NOCc1ccccc1)C(=O)N1[C@H]2C[C@@H]3CC[C@@]2(CS1(=O)=O)C3(C)C. The van der Waals surface area contributed by atoms with Gasteiger partial charge in [0.25, 0.3) is 5.91 Å². The fourth-order valence-corrected chi connectivity index (χ4v) is 8.64. The molecule has 0 unspecified atom stereocenters. The number of nitrogens with zero attached hydrogens (tertiary/aromatic N) is 1. The first kappa shape index (κ1) is 21.8. The van der Waals surface area contributed by atoms with E-state index in [1.165, 1.54) is 4.31 Å². The summed E-state index contributed by atoms with van der Waals surface area (Å²) in [7, 11) is -3.65. The average Bonchev–Trinajstić information content (AvgIpc) is 3.12. The number of benzene rings is 1. The normalized spacial score (nSPS) is 32.2. The summed E-state index contributed by atoms with van der Waals surface area (Å²) in [5.74, 6) is 0.172. The number of sulfonamides is 1. The van der Waals surface area contributed by atoms with Crippen LogP contribution in [0.4, 0.5) is 0 Å². The van der Waals surface area contributed by atoms with E-state index in [4.69, 9.17) is 4.84 Å². The number of hydrogen-bond donors (Lipinski definition) is 1. The second kappa shape index (κ2) is 7.04. The molecule has 1 aromatic rings. The van der Waals surface area contributed by atoms with E-state index >= 15 is 0 Å². The first-order valence-electron chi connectivity index (χ1n) is 10.9. The molecule has 3 fully saturated rings. The van der Waals surface area contributed by atoms with Gasteiger partial charge in [0, 0.05) is 5.41 Å². The molecule has 4 atom stereocenters. The number of nitrogens with one attached hydrogen (secondary N) is 1. The Morgan fingerprint density at radius 3 is 2.53 bits per heavy atom. The molecule has 166 valence electrons. The van der Waals surface area contributed by atoms with Gasteiger partial charge in [-0.2, -0.15) is 5.48 Å². The van der Waals surface area contributed by atoms with Crippen LogP contribution in [0.5, 0.6) is 0 Å². The number of hydroxylamine groups is 1. The molecule has 1 amide bonds. The Hall–Kier alpha value is -1.44. The molecule has 7 heteroatoms. The molecule has 0 radical (unpaired) electrons. The van der Waals surface area contributed by atoms with Gasteiger partial charge in [0.05, 0.1) is 18.4 Å². The zero-order valence-electron chi connectivity index (χ0n) is 18.6. The molecule has 1 heterocycles. The summed E-state index contributed by atoms with van der Waals surface area (Å²) < 4.78 is 27.7. The minimum Gasteiger partial charge on any atom is -0.296 e. The van der Waals surface area contributed by atoms with E-state index in [1.807, 2.05) is 51.1 Å². The lowest BCUT2D eigenvalue weighted by molar-refractivity contribution is -0.140. The highest BCUT2D eigenvalue weighted by atomic mass is 32.2. The molecular weight excluding hydrogens is 400 g/mol. The van der Waals surface area contributed by atoms with Gasteiger partial charge in [-0.15, -0.1) is 0 Å². The second-order valence-electron chi connectivity index (χ2n) is 10.9.